The fourth-order valence-electron chi connectivity index (χ4n) is 1.39. The molecule has 0 aliphatic heterocycles. The van der Waals surface area contributed by atoms with Crippen molar-refractivity contribution in [1.82, 2.24) is 5.32 Å². The Morgan fingerprint density at radius 3 is 2.87 bits per heavy atom. The number of nitrogens with zero attached hydrogens (tertiary/aromatic N) is 1. The number of nitriles is 1. The summed E-state index contributed by atoms with van der Waals surface area (Å²) in [7, 11) is 1.84. The normalized spacial score (nSPS) is 10.9. The van der Waals surface area contributed by atoms with E-state index in [2.05, 4.69) is 11.4 Å². The highest BCUT2D eigenvalue weighted by atomic mass is 14.8. The van der Waals surface area contributed by atoms with Gasteiger partial charge in [0.25, 0.3) is 0 Å². The van der Waals surface area contributed by atoms with Crippen molar-refractivity contribution in [2.45, 2.75) is 6.92 Å². The lowest BCUT2D eigenvalue weighted by Gasteiger charge is -2.08. The lowest BCUT2D eigenvalue weighted by molar-refractivity contribution is 1.10. The summed E-state index contributed by atoms with van der Waals surface area (Å²) in [5, 5.41) is 12.0. The van der Waals surface area contributed by atoms with Gasteiger partial charge < -0.3 is 11.1 Å². The minimum absolute atomic E-state index is 0.478. The van der Waals surface area contributed by atoms with Gasteiger partial charge in [-0.15, -0.1) is 0 Å². The molecule has 1 rings (SSSR count). The van der Waals surface area contributed by atoms with Gasteiger partial charge in [0.15, 0.2) is 0 Å². The van der Waals surface area contributed by atoms with Gasteiger partial charge in [0.1, 0.15) is 0 Å². The fourth-order valence-corrected chi connectivity index (χ4v) is 1.39. The van der Waals surface area contributed by atoms with Crippen LogP contribution in [-0.4, -0.2) is 13.6 Å². The molecule has 0 spiro atoms. The number of hydrogen-bond donors (Lipinski definition) is 2. The third-order valence-electron chi connectivity index (χ3n) is 2.26. The molecule has 0 fully saturated rings. The molecule has 0 bridgehead atoms. The number of hydrogen-bond acceptors (Lipinski definition) is 3. The van der Waals surface area contributed by atoms with Crippen molar-refractivity contribution in [3.05, 3.63) is 41.0 Å². The predicted molar refractivity (Wildman–Crippen MR) is 62.0 cm³/mol. The first-order valence-corrected chi connectivity index (χ1v) is 4.82. The summed E-state index contributed by atoms with van der Waals surface area (Å²) in [6.45, 7) is 2.40. The van der Waals surface area contributed by atoms with E-state index in [-0.39, 0.29) is 0 Å². The Bertz CT molecular complexity index is 413. The molecule has 0 aliphatic rings. The molecule has 0 atom stereocenters. The van der Waals surface area contributed by atoms with E-state index in [1.807, 2.05) is 38.2 Å². The second kappa shape index (κ2) is 5.18. The third-order valence-corrected chi connectivity index (χ3v) is 2.26. The summed E-state index contributed by atoms with van der Waals surface area (Å²) in [5.74, 6) is 0. The van der Waals surface area contributed by atoms with E-state index in [1.54, 1.807) is 0 Å². The van der Waals surface area contributed by atoms with Crippen molar-refractivity contribution in [1.29, 1.82) is 5.26 Å². The van der Waals surface area contributed by atoms with Crippen molar-refractivity contribution in [2.24, 2.45) is 5.73 Å². The van der Waals surface area contributed by atoms with Gasteiger partial charge in [-0.2, -0.15) is 5.26 Å². The van der Waals surface area contributed by atoms with Crippen LogP contribution < -0.4 is 11.1 Å². The fraction of sp³-hybridized carbons (Fsp3) is 0.250. The first-order chi connectivity index (χ1) is 7.22. The summed E-state index contributed by atoms with van der Waals surface area (Å²) in [4.78, 5) is 0. The zero-order chi connectivity index (χ0) is 11.3. The molecule has 3 heteroatoms. The predicted octanol–water partition coefficient (Wildman–Crippen LogP) is 1.39. The van der Waals surface area contributed by atoms with Gasteiger partial charge in [-0.3, -0.25) is 0 Å². The van der Waals surface area contributed by atoms with E-state index in [9.17, 15) is 0 Å². The largest absolute Gasteiger partial charge is 0.388 e. The standard InChI is InChI=1S/C12H15N3/c1-9-3-4-10(7-11(9)8-14)12(15-2)5-6-13/h3-5,7,15H,6,13H2,1-2H3/b12-5-. The second-order valence-electron chi connectivity index (χ2n) is 3.25. The van der Waals surface area contributed by atoms with Crippen LogP contribution in [0.1, 0.15) is 16.7 Å². The average molecular weight is 201 g/mol. The van der Waals surface area contributed by atoms with Crippen LogP contribution in [0.25, 0.3) is 5.70 Å². The van der Waals surface area contributed by atoms with E-state index >= 15 is 0 Å². The van der Waals surface area contributed by atoms with E-state index in [0.29, 0.717) is 12.1 Å². The number of nitrogens with one attached hydrogen (secondary N) is 1. The topological polar surface area (TPSA) is 61.8 Å². The Balaban J connectivity index is 3.16. The molecule has 0 unspecified atom stereocenters. The van der Waals surface area contributed by atoms with Crippen LogP contribution in [-0.2, 0) is 0 Å². The highest BCUT2D eigenvalue weighted by Gasteiger charge is 2.02. The molecule has 0 heterocycles. The van der Waals surface area contributed by atoms with Crippen LogP contribution in [0, 0.1) is 18.3 Å². The Labute approximate surface area is 90.2 Å². The highest BCUT2D eigenvalue weighted by molar-refractivity contribution is 5.65. The van der Waals surface area contributed by atoms with E-state index in [1.165, 1.54) is 0 Å². The average Bonchev–Trinajstić information content (AvgIpc) is 2.27. The Morgan fingerprint density at radius 1 is 1.60 bits per heavy atom. The molecule has 0 aliphatic carbocycles. The van der Waals surface area contributed by atoms with Crippen molar-refractivity contribution >= 4 is 5.70 Å². The maximum atomic E-state index is 8.91. The first kappa shape index (κ1) is 11.3. The van der Waals surface area contributed by atoms with Gasteiger partial charge in [0.2, 0.25) is 0 Å². The maximum Gasteiger partial charge on any atom is 0.0994 e. The highest BCUT2D eigenvalue weighted by Crippen LogP contribution is 2.15. The van der Waals surface area contributed by atoms with Gasteiger partial charge >= 0.3 is 0 Å². The van der Waals surface area contributed by atoms with E-state index in [0.717, 1.165) is 16.8 Å². The van der Waals surface area contributed by atoms with E-state index in [4.69, 9.17) is 11.0 Å². The van der Waals surface area contributed by atoms with Crippen LogP contribution >= 0.6 is 0 Å². The van der Waals surface area contributed by atoms with Crippen LogP contribution in [0.2, 0.25) is 0 Å². The number of nitrogens with two attached hydrogens (primary N) is 1. The van der Waals surface area contributed by atoms with Crippen molar-refractivity contribution in [2.75, 3.05) is 13.6 Å². The Morgan fingerprint density at radius 2 is 2.33 bits per heavy atom. The van der Waals surface area contributed by atoms with Crippen molar-refractivity contribution in [3.63, 3.8) is 0 Å². The summed E-state index contributed by atoms with van der Waals surface area (Å²) in [5.41, 5.74) is 9.09. The SMILES string of the molecule is CN/C(=C\CN)c1ccc(C)c(C#N)c1. The van der Waals surface area contributed by atoms with Crippen molar-refractivity contribution in [3.8, 4) is 6.07 Å². The molecule has 78 valence electrons. The minimum Gasteiger partial charge on any atom is -0.388 e. The summed E-state index contributed by atoms with van der Waals surface area (Å²) in [6, 6.07) is 7.96. The third kappa shape index (κ3) is 2.58. The summed E-state index contributed by atoms with van der Waals surface area (Å²) in [6.07, 6.45) is 1.89. The molecule has 0 aromatic heterocycles. The van der Waals surface area contributed by atoms with Crippen LogP contribution in [0.15, 0.2) is 24.3 Å². The minimum atomic E-state index is 0.478. The zero-order valence-corrected chi connectivity index (χ0v) is 9.04. The van der Waals surface area contributed by atoms with Gasteiger partial charge in [-0.25, -0.2) is 0 Å². The quantitative estimate of drug-likeness (QED) is 0.776. The maximum absolute atomic E-state index is 8.91. The molecule has 3 nitrogen and oxygen atoms in total. The van der Waals surface area contributed by atoms with E-state index < -0.39 is 0 Å². The molecule has 3 N–H and O–H groups in total. The first-order valence-electron chi connectivity index (χ1n) is 4.82. The monoisotopic (exact) mass is 201 g/mol. The van der Waals surface area contributed by atoms with Gasteiger partial charge in [0, 0.05) is 19.3 Å². The Kier molecular flexibility index (Phi) is 3.90. The summed E-state index contributed by atoms with van der Waals surface area (Å²) < 4.78 is 0. The molecule has 0 saturated heterocycles. The second-order valence-corrected chi connectivity index (χ2v) is 3.25. The van der Waals surface area contributed by atoms with Gasteiger partial charge in [-0.05, 0) is 30.2 Å². The van der Waals surface area contributed by atoms with Gasteiger partial charge in [-0.1, -0.05) is 12.1 Å². The van der Waals surface area contributed by atoms with Crippen LogP contribution in [0.3, 0.4) is 0 Å². The smallest absolute Gasteiger partial charge is 0.0994 e. The molecular formula is C12H15N3. The number of rotatable bonds is 3. The lowest BCUT2D eigenvalue weighted by atomic mass is 10.0. The molecule has 1 aromatic carbocycles. The lowest BCUT2D eigenvalue weighted by Crippen LogP contribution is -2.08. The number of aryl methyl sites for hydroxylation is 1. The number of benzene rings is 1. The Hall–Kier alpha value is -1.79. The molecule has 15 heavy (non-hydrogen) atoms. The van der Waals surface area contributed by atoms with Crippen LogP contribution in [0.5, 0.6) is 0 Å². The van der Waals surface area contributed by atoms with Gasteiger partial charge in [0.05, 0.1) is 11.6 Å². The molecular weight excluding hydrogens is 186 g/mol. The molecule has 0 radical (unpaired) electrons. The molecule has 1 aromatic rings. The van der Waals surface area contributed by atoms with Crippen molar-refractivity contribution < 1.29 is 0 Å². The van der Waals surface area contributed by atoms with Crippen LogP contribution in [0.4, 0.5) is 0 Å². The molecule has 0 saturated carbocycles. The summed E-state index contributed by atoms with van der Waals surface area (Å²) >= 11 is 0. The zero-order valence-electron chi connectivity index (χ0n) is 9.04. The molecule has 0 amide bonds.